The quantitative estimate of drug-likeness (QED) is 0.152. The average molecular weight is 784 g/mol. The van der Waals surface area contributed by atoms with Crippen molar-refractivity contribution in [3.8, 4) is 0 Å². The molecule has 5 nitrogen and oxygen atoms in total. The molecule has 4 aromatic rings. The molecule has 0 spiro atoms. The van der Waals surface area contributed by atoms with Crippen LogP contribution < -0.4 is 0 Å². The first-order valence-corrected chi connectivity index (χ1v) is 16.4. The molecule has 2 heterocycles. The molecule has 0 N–H and O–H groups in total. The van der Waals surface area contributed by atoms with Crippen LogP contribution in [0.25, 0.3) is 0 Å². The van der Waals surface area contributed by atoms with Crippen molar-refractivity contribution in [2.24, 2.45) is 0 Å². The van der Waals surface area contributed by atoms with Crippen molar-refractivity contribution in [1.82, 2.24) is 0 Å². The SMILES string of the molecule is CC1(C)O[C@H]2[C@H](O1)C(c1ccc(C(F)(F)F)cc1)(c1ccc(C(F)(F)F)cc1)O[P+](=O)OC2(c1ccc(C(F)(F)F)cc1)c1ccc(C(F)(F)F)cc1. The third-order valence-corrected chi connectivity index (χ3v) is 9.77. The van der Waals surface area contributed by atoms with Gasteiger partial charge in [-0.15, -0.1) is 0 Å². The Balaban J connectivity index is 1.67. The summed E-state index contributed by atoms with van der Waals surface area (Å²) in [7, 11) is -3.66. The van der Waals surface area contributed by atoms with Gasteiger partial charge in [0, 0.05) is 4.57 Å². The summed E-state index contributed by atoms with van der Waals surface area (Å²) < 4.78 is 203. The van der Waals surface area contributed by atoms with E-state index in [0.717, 1.165) is 48.5 Å². The molecule has 4 aromatic carbocycles. The Hall–Kier alpha value is -4.02. The van der Waals surface area contributed by atoms with Gasteiger partial charge in [-0.25, -0.2) is 0 Å². The fraction of sp³-hybridized carbons (Fsp3) is 0.314. The topological polar surface area (TPSA) is 54.0 Å². The first kappa shape index (κ1) is 38.7. The minimum absolute atomic E-state index is 0.260. The summed E-state index contributed by atoms with van der Waals surface area (Å²) in [6, 6.07) is 12.2. The minimum Gasteiger partial charge on any atom is -0.340 e. The predicted molar refractivity (Wildman–Crippen MR) is 161 cm³/mol. The third kappa shape index (κ3) is 7.05. The zero-order valence-electron chi connectivity index (χ0n) is 26.9. The van der Waals surface area contributed by atoms with Gasteiger partial charge in [0.15, 0.2) is 5.79 Å². The number of rotatable bonds is 4. The summed E-state index contributed by atoms with van der Waals surface area (Å²) in [6.07, 6.45) is -23.0. The highest BCUT2D eigenvalue weighted by Gasteiger charge is 2.71. The summed E-state index contributed by atoms with van der Waals surface area (Å²) in [6.45, 7) is 2.69. The van der Waals surface area contributed by atoms with Gasteiger partial charge in [-0.1, -0.05) is 57.6 Å². The van der Waals surface area contributed by atoms with Crippen molar-refractivity contribution in [2.75, 3.05) is 0 Å². The normalized spacial score (nSPS) is 21.6. The molecule has 18 heteroatoms. The van der Waals surface area contributed by atoms with Crippen LogP contribution in [0.2, 0.25) is 0 Å². The van der Waals surface area contributed by atoms with Crippen molar-refractivity contribution < 1.29 is 75.8 Å². The van der Waals surface area contributed by atoms with Crippen molar-refractivity contribution in [1.29, 1.82) is 0 Å². The molecular formula is C35H24F12O5P+. The first-order chi connectivity index (χ1) is 24.4. The lowest BCUT2D eigenvalue weighted by atomic mass is 9.71. The van der Waals surface area contributed by atoms with E-state index in [1.807, 2.05) is 0 Å². The highest BCUT2D eigenvalue weighted by Crippen LogP contribution is 2.61. The molecule has 53 heavy (non-hydrogen) atoms. The largest absolute Gasteiger partial charge is 0.700 e. The Labute approximate surface area is 293 Å². The Morgan fingerprint density at radius 3 is 0.830 bits per heavy atom. The number of fused-ring (bicyclic) bond motifs is 1. The van der Waals surface area contributed by atoms with Crippen LogP contribution in [0.4, 0.5) is 52.7 Å². The minimum atomic E-state index is -4.85. The molecule has 0 amide bonds. The second-order valence-corrected chi connectivity index (χ2v) is 13.5. The van der Waals surface area contributed by atoms with Crippen LogP contribution in [-0.2, 0) is 59.0 Å². The van der Waals surface area contributed by atoms with E-state index in [-0.39, 0.29) is 22.3 Å². The van der Waals surface area contributed by atoms with Gasteiger partial charge < -0.3 is 9.47 Å². The van der Waals surface area contributed by atoms with E-state index in [4.69, 9.17) is 18.5 Å². The Bertz CT molecular complexity index is 1710. The van der Waals surface area contributed by atoms with Crippen LogP contribution in [-0.4, -0.2) is 18.0 Å². The lowest BCUT2D eigenvalue weighted by Crippen LogP contribution is -2.53. The van der Waals surface area contributed by atoms with Gasteiger partial charge in [0.1, 0.15) is 12.2 Å². The number of alkyl halides is 12. The first-order valence-electron chi connectivity index (χ1n) is 15.3. The molecule has 0 saturated carbocycles. The lowest BCUT2D eigenvalue weighted by Gasteiger charge is -2.39. The van der Waals surface area contributed by atoms with E-state index in [1.54, 1.807) is 0 Å². The molecule has 6 rings (SSSR count). The number of ether oxygens (including phenoxy) is 2. The fourth-order valence-electron chi connectivity index (χ4n) is 6.54. The molecule has 2 aliphatic heterocycles. The summed E-state index contributed by atoms with van der Waals surface area (Å²) in [5.41, 5.74) is -10.6. The smallest absolute Gasteiger partial charge is 0.340 e. The van der Waals surface area contributed by atoms with Crippen molar-refractivity contribution in [2.45, 2.75) is 67.7 Å². The number of hydrogen-bond donors (Lipinski definition) is 0. The molecule has 282 valence electrons. The van der Waals surface area contributed by atoms with Gasteiger partial charge in [-0.3, -0.25) is 0 Å². The molecule has 2 saturated heterocycles. The molecule has 0 unspecified atom stereocenters. The Morgan fingerprint density at radius 1 is 0.434 bits per heavy atom. The fourth-order valence-corrected chi connectivity index (χ4v) is 7.68. The van der Waals surface area contributed by atoms with Crippen LogP contribution in [0.15, 0.2) is 97.1 Å². The van der Waals surface area contributed by atoms with Crippen LogP contribution in [0, 0.1) is 0 Å². The molecule has 0 radical (unpaired) electrons. The Kier molecular flexibility index (Phi) is 9.34. The molecule has 0 aliphatic carbocycles. The number of benzene rings is 4. The average Bonchev–Trinajstić information content (AvgIpc) is 3.35. The van der Waals surface area contributed by atoms with Crippen LogP contribution in [0.1, 0.15) is 58.4 Å². The van der Waals surface area contributed by atoms with Gasteiger partial charge in [0.25, 0.3) is 0 Å². The van der Waals surface area contributed by atoms with Gasteiger partial charge in [-0.05, 0) is 84.6 Å². The van der Waals surface area contributed by atoms with E-state index in [9.17, 15) is 57.3 Å². The highest BCUT2D eigenvalue weighted by atomic mass is 31.1. The maximum absolute atomic E-state index is 14.2. The molecule has 2 atom stereocenters. The van der Waals surface area contributed by atoms with Crippen LogP contribution in [0.3, 0.4) is 0 Å². The van der Waals surface area contributed by atoms with Gasteiger partial charge >= 0.3 is 33.0 Å². The predicted octanol–water partition coefficient (Wildman–Crippen LogP) is 11.2. The molecule has 2 aliphatic rings. The monoisotopic (exact) mass is 783 g/mol. The van der Waals surface area contributed by atoms with Gasteiger partial charge in [0.05, 0.1) is 22.3 Å². The zero-order chi connectivity index (χ0) is 39.0. The summed E-state index contributed by atoms with van der Waals surface area (Å²) in [4.78, 5) is 0. The molecular weight excluding hydrogens is 759 g/mol. The molecule has 0 aromatic heterocycles. The zero-order valence-corrected chi connectivity index (χ0v) is 27.8. The van der Waals surface area contributed by atoms with E-state index in [2.05, 4.69) is 0 Å². The van der Waals surface area contributed by atoms with Crippen molar-refractivity contribution in [3.63, 3.8) is 0 Å². The van der Waals surface area contributed by atoms with Crippen molar-refractivity contribution in [3.05, 3.63) is 142 Å². The standard InChI is InChI=1S/C35H24F12O5P/c1-29(2)49-27-28(50-29)31(21-7-15-25(16-8-21)34(42,43)44,22-9-17-26(18-10-22)35(45,46)47)52-53(48)51-30(27,19-3-11-23(12-4-19)32(36,37)38)20-5-13-24(14-6-20)33(39,40)41/h3-18,27-28H,1-2H3/q+1/t27-,28-/m0/s1. The van der Waals surface area contributed by atoms with Gasteiger partial charge in [-0.2, -0.15) is 52.7 Å². The maximum Gasteiger partial charge on any atom is 0.700 e. The van der Waals surface area contributed by atoms with Gasteiger partial charge in [0.2, 0.25) is 11.2 Å². The summed E-state index contributed by atoms with van der Waals surface area (Å²) in [5.74, 6) is -1.75. The summed E-state index contributed by atoms with van der Waals surface area (Å²) in [5, 5.41) is 0. The number of hydrogen-bond acceptors (Lipinski definition) is 5. The Morgan fingerprint density at radius 2 is 0.642 bits per heavy atom. The summed E-state index contributed by atoms with van der Waals surface area (Å²) >= 11 is 0. The van der Waals surface area contributed by atoms with Crippen molar-refractivity contribution >= 4 is 8.25 Å². The molecule has 2 fully saturated rings. The second-order valence-electron chi connectivity index (χ2n) is 12.7. The maximum atomic E-state index is 14.2. The highest BCUT2D eigenvalue weighted by molar-refractivity contribution is 7.33. The molecule has 0 bridgehead atoms. The van der Waals surface area contributed by atoms with E-state index in [1.165, 1.54) is 13.8 Å². The second kappa shape index (κ2) is 12.8. The van der Waals surface area contributed by atoms with E-state index >= 15 is 0 Å². The van der Waals surface area contributed by atoms with E-state index in [0.29, 0.717) is 48.5 Å². The van der Waals surface area contributed by atoms with Crippen LogP contribution >= 0.6 is 8.25 Å². The lowest BCUT2D eigenvalue weighted by molar-refractivity contribution is -0.174. The van der Waals surface area contributed by atoms with Crippen LogP contribution in [0.5, 0.6) is 0 Å². The van der Waals surface area contributed by atoms with E-state index < -0.39 is 84.4 Å². The third-order valence-electron chi connectivity index (χ3n) is 8.90. The number of halogens is 12.